The minimum atomic E-state index is -0.698. The molecule has 0 aliphatic rings. The average Bonchev–Trinajstić information content (AvgIpc) is 2.41. The minimum absolute atomic E-state index is 0. The number of nitrogens with one attached hydrogen (secondary N) is 2. The minimum Gasteiger partial charge on any atom is -0.459 e. The van der Waals surface area contributed by atoms with Gasteiger partial charge in [0.1, 0.15) is 12.1 Å². The third-order valence-corrected chi connectivity index (χ3v) is 2.52. The zero-order chi connectivity index (χ0) is 18.5. The third-order valence-electron chi connectivity index (χ3n) is 2.52. The zero-order valence-corrected chi connectivity index (χ0v) is 13.8. The van der Waals surface area contributed by atoms with Gasteiger partial charge in [-0.3, -0.25) is 24.5 Å². The number of benzene rings is 1. The van der Waals surface area contributed by atoms with Crippen LogP contribution in [-0.2, 0) is 14.3 Å². The summed E-state index contributed by atoms with van der Waals surface area (Å²) in [6, 6.07) is 3.46. The molecule has 2 N–H and O–H groups in total. The van der Waals surface area contributed by atoms with E-state index in [0.29, 0.717) is 0 Å². The highest BCUT2D eigenvalue weighted by atomic mass is 16.6. The first-order valence-electron chi connectivity index (χ1n) is 7.05. The number of amides is 2. The quantitative estimate of drug-likeness (QED) is 0.479. The lowest BCUT2D eigenvalue weighted by molar-refractivity contribution is -0.384. The molecule has 0 atom stereocenters. The Labute approximate surface area is 140 Å². The molecule has 132 valence electrons. The molecule has 0 saturated heterocycles. The summed E-state index contributed by atoms with van der Waals surface area (Å²) in [5, 5.41) is 15.6. The SMILES string of the molecule is CC(=O)Nc1cc(C(=O)NCC(=O)OC(C)(C)C)cc([N+](=O)[O-])c1.[HH]. The van der Waals surface area contributed by atoms with Gasteiger partial charge in [0, 0.05) is 31.7 Å². The number of non-ortho nitro benzene ring substituents is 1. The lowest BCUT2D eigenvalue weighted by atomic mass is 10.1. The van der Waals surface area contributed by atoms with Gasteiger partial charge in [0.25, 0.3) is 11.6 Å². The van der Waals surface area contributed by atoms with Gasteiger partial charge in [-0.2, -0.15) is 0 Å². The number of carbonyl (C=O) groups excluding carboxylic acids is 3. The Morgan fingerprint density at radius 1 is 1.25 bits per heavy atom. The fourth-order valence-corrected chi connectivity index (χ4v) is 1.76. The maximum Gasteiger partial charge on any atom is 0.325 e. The van der Waals surface area contributed by atoms with E-state index in [1.807, 2.05) is 0 Å². The van der Waals surface area contributed by atoms with Crippen LogP contribution >= 0.6 is 0 Å². The van der Waals surface area contributed by atoms with E-state index in [0.717, 1.165) is 12.1 Å². The highest BCUT2D eigenvalue weighted by Crippen LogP contribution is 2.21. The first-order valence-corrected chi connectivity index (χ1v) is 7.05. The lowest BCUT2D eigenvalue weighted by Crippen LogP contribution is -2.34. The molecule has 2 amide bonds. The number of nitro benzene ring substituents is 1. The van der Waals surface area contributed by atoms with Crippen LogP contribution in [0.5, 0.6) is 0 Å². The molecule has 24 heavy (non-hydrogen) atoms. The van der Waals surface area contributed by atoms with Crippen LogP contribution in [0.2, 0.25) is 0 Å². The largest absolute Gasteiger partial charge is 0.459 e. The predicted molar refractivity (Wildman–Crippen MR) is 87.7 cm³/mol. The van der Waals surface area contributed by atoms with Crippen molar-refractivity contribution >= 4 is 29.2 Å². The molecule has 1 aromatic rings. The number of nitro groups is 1. The molecule has 0 fully saturated rings. The monoisotopic (exact) mass is 339 g/mol. The maximum absolute atomic E-state index is 12.1. The number of nitrogens with zero attached hydrogens (tertiary/aromatic N) is 1. The summed E-state index contributed by atoms with van der Waals surface area (Å²) in [6.45, 7) is 5.92. The molecule has 0 aliphatic heterocycles. The Morgan fingerprint density at radius 3 is 2.38 bits per heavy atom. The van der Waals surface area contributed by atoms with Gasteiger partial charge in [0.2, 0.25) is 5.91 Å². The van der Waals surface area contributed by atoms with Gasteiger partial charge in [0.05, 0.1) is 4.92 Å². The van der Waals surface area contributed by atoms with E-state index in [9.17, 15) is 24.5 Å². The average molecular weight is 339 g/mol. The highest BCUT2D eigenvalue weighted by Gasteiger charge is 2.19. The van der Waals surface area contributed by atoms with Crippen molar-refractivity contribution in [3.05, 3.63) is 33.9 Å². The maximum atomic E-state index is 12.1. The summed E-state index contributed by atoms with van der Waals surface area (Å²) in [6.07, 6.45) is 0. The van der Waals surface area contributed by atoms with Crippen molar-refractivity contribution in [3.8, 4) is 0 Å². The van der Waals surface area contributed by atoms with Crippen molar-refractivity contribution in [2.45, 2.75) is 33.3 Å². The molecule has 0 heterocycles. The Morgan fingerprint density at radius 2 is 1.88 bits per heavy atom. The Kier molecular flexibility index (Phi) is 5.99. The first kappa shape index (κ1) is 19.1. The number of anilines is 1. The summed E-state index contributed by atoms with van der Waals surface area (Å²) in [7, 11) is 0. The van der Waals surface area contributed by atoms with Gasteiger partial charge in [-0.15, -0.1) is 0 Å². The van der Waals surface area contributed by atoms with Gasteiger partial charge in [-0.05, 0) is 26.8 Å². The van der Waals surface area contributed by atoms with Crippen LogP contribution in [-0.4, -0.2) is 34.9 Å². The summed E-state index contributed by atoms with van der Waals surface area (Å²) < 4.78 is 5.04. The summed E-state index contributed by atoms with van der Waals surface area (Å²) >= 11 is 0. The van der Waals surface area contributed by atoms with Gasteiger partial charge in [-0.1, -0.05) is 0 Å². The molecule has 0 bridgehead atoms. The van der Waals surface area contributed by atoms with E-state index in [4.69, 9.17) is 4.74 Å². The fourth-order valence-electron chi connectivity index (χ4n) is 1.76. The number of ether oxygens (including phenoxy) is 1. The fraction of sp³-hybridized carbons (Fsp3) is 0.400. The molecule has 0 unspecified atom stereocenters. The van der Waals surface area contributed by atoms with Gasteiger partial charge < -0.3 is 15.4 Å². The summed E-state index contributed by atoms with van der Waals surface area (Å²) in [5.41, 5.74) is -0.995. The van der Waals surface area contributed by atoms with Crippen LogP contribution in [0.4, 0.5) is 11.4 Å². The molecule has 9 nitrogen and oxygen atoms in total. The Bertz CT molecular complexity index is 684. The van der Waals surface area contributed by atoms with Crippen LogP contribution in [0.25, 0.3) is 0 Å². The van der Waals surface area contributed by atoms with E-state index < -0.39 is 28.3 Å². The van der Waals surface area contributed by atoms with E-state index in [2.05, 4.69) is 10.6 Å². The normalized spacial score (nSPS) is 10.7. The molecule has 1 aromatic carbocycles. The predicted octanol–water partition coefficient (Wildman–Crippen LogP) is 1.87. The van der Waals surface area contributed by atoms with Crippen molar-refractivity contribution in [2.75, 3.05) is 11.9 Å². The smallest absolute Gasteiger partial charge is 0.325 e. The van der Waals surface area contributed by atoms with E-state index >= 15 is 0 Å². The summed E-state index contributed by atoms with van der Waals surface area (Å²) in [4.78, 5) is 45.0. The molecule has 9 heteroatoms. The number of hydrogen-bond acceptors (Lipinski definition) is 6. The topological polar surface area (TPSA) is 128 Å². The van der Waals surface area contributed by atoms with Gasteiger partial charge in [-0.25, -0.2) is 0 Å². The van der Waals surface area contributed by atoms with Gasteiger partial charge >= 0.3 is 5.97 Å². The standard InChI is InChI=1S/C15H19N3O6.H2/c1-9(19)17-11-5-10(6-12(7-11)18(22)23)14(21)16-8-13(20)24-15(2,3)4;/h5-7H,8H2,1-4H3,(H,16,21)(H,17,19);1H. The van der Waals surface area contributed by atoms with Crippen LogP contribution in [0, 0.1) is 10.1 Å². The van der Waals surface area contributed by atoms with Gasteiger partial charge in [0.15, 0.2) is 0 Å². The second-order valence-electron chi connectivity index (χ2n) is 5.98. The molecule has 1 rings (SSSR count). The van der Waals surface area contributed by atoms with E-state index in [-0.39, 0.29) is 24.9 Å². The molecular weight excluding hydrogens is 318 g/mol. The Hall–Kier alpha value is -2.97. The zero-order valence-electron chi connectivity index (χ0n) is 13.8. The van der Waals surface area contributed by atoms with Crippen LogP contribution in [0.1, 0.15) is 39.5 Å². The molecule has 0 spiro atoms. The van der Waals surface area contributed by atoms with Crippen molar-refractivity contribution in [3.63, 3.8) is 0 Å². The molecule has 0 saturated carbocycles. The number of carbonyl (C=O) groups is 3. The molecular formula is C15H21N3O6. The lowest BCUT2D eigenvalue weighted by Gasteiger charge is -2.19. The number of rotatable bonds is 5. The van der Waals surface area contributed by atoms with Crippen molar-refractivity contribution in [1.82, 2.24) is 5.32 Å². The summed E-state index contributed by atoms with van der Waals surface area (Å²) in [5.74, 6) is -1.77. The molecule has 0 radical (unpaired) electrons. The molecule has 0 aliphatic carbocycles. The Balaban J connectivity index is 0.00000576. The van der Waals surface area contributed by atoms with Crippen LogP contribution < -0.4 is 10.6 Å². The molecule has 0 aromatic heterocycles. The second kappa shape index (κ2) is 7.53. The van der Waals surface area contributed by atoms with Crippen molar-refractivity contribution in [1.29, 1.82) is 0 Å². The van der Waals surface area contributed by atoms with E-state index in [1.165, 1.54) is 13.0 Å². The van der Waals surface area contributed by atoms with Crippen molar-refractivity contribution < 1.29 is 25.5 Å². The van der Waals surface area contributed by atoms with Crippen LogP contribution in [0.15, 0.2) is 18.2 Å². The van der Waals surface area contributed by atoms with Crippen LogP contribution in [0.3, 0.4) is 0 Å². The first-order chi connectivity index (χ1) is 11.0. The number of hydrogen-bond donors (Lipinski definition) is 2. The van der Waals surface area contributed by atoms with E-state index in [1.54, 1.807) is 20.8 Å². The third kappa shape index (κ3) is 6.42. The van der Waals surface area contributed by atoms with Crippen molar-refractivity contribution in [2.24, 2.45) is 0 Å². The number of esters is 1. The highest BCUT2D eigenvalue weighted by molar-refractivity contribution is 5.98. The second-order valence-corrected chi connectivity index (χ2v) is 5.98.